The molecule has 40 heavy (non-hydrogen) atoms. The fourth-order valence-electron chi connectivity index (χ4n) is 4.31. The molecule has 0 spiro atoms. The van der Waals surface area contributed by atoms with Crippen molar-refractivity contribution >= 4 is 23.9 Å². The summed E-state index contributed by atoms with van der Waals surface area (Å²) in [5.41, 5.74) is 1.57. The first-order valence-corrected chi connectivity index (χ1v) is 13.3. The molecular formula is C31H43N3O6. The Hall–Kier alpha value is -3.88. The number of aryl methyl sites for hydroxylation is 1. The molecule has 0 fully saturated rings. The van der Waals surface area contributed by atoms with Crippen LogP contribution in [0.5, 0.6) is 0 Å². The van der Waals surface area contributed by atoms with Gasteiger partial charge in [-0.15, -0.1) is 0 Å². The van der Waals surface area contributed by atoms with Gasteiger partial charge in [-0.05, 0) is 77.6 Å². The minimum atomic E-state index is -1.10. The number of carbonyl (C=O) groups is 4. The van der Waals surface area contributed by atoms with Crippen LogP contribution in [0, 0.1) is 13.8 Å². The maximum atomic E-state index is 14.5. The number of alkyl carbamates (subject to hydrolysis) is 1. The molecule has 9 heteroatoms. The second kappa shape index (κ2) is 13.5. The number of nitrogens with one attached hydrogen (secondary N) is 2. The quantitative estimate of drug-likeness (QED) is 0.445. The smallest absolute Gasteiger partial charge is 0.408 e. The highest BCUT2D eigenvalue weighted by Gasteiger charge is 2.42. The lowest BCUT2D eigenvalue weighted by molar-refractivity contribution is -0.149. The van der Waals surface area contributed by atoms with E-state index >= 15 is 0 Å². The number of hydrogen-bond donors (Lipinski definition) is 2. The fraction of sp³-hybridized carbons (Fsp3) is 0.484. The highest BCUT2D eigenvalue weighted by atomic mass is 16.6. The maximum Gasteiger partial charge on any atom is 0.408 e. The molecule has 0 aromatic heterocycles. The maximum absolute atomic E-state index is 14.5. The third-order valence-corrected chi connectivity index (χ3v) is 6.31. The second-order valence-electron chi connectivity index (χ2n) is 11.8. The lowest BCUT2D eigenvalue weighted by atomic mass is 9.90. The summed E-state index contributed by atoms with van der Waals surface area (Å²) >= 11 is 0. The molecule has 0 aliphatic heterocycles. The van der Waals surface area contributed by atoms with E-state index in [1.165, 1.54) is 12.0 Å². The first kappa shape index (κ1) is 32.3. The van der Waals surface area contributed by atoms with Crippen molar-refractivity contribution in [2.45, 2.75) is 85.0 Å². The van der Waals surface area contributed by atoms with Gasteiger partial charge in [0.25, 0.3) is 0 Å². The molecule has 0 saturated carbocycles. The molecule has 0 bridgehead atoms. The zero-order chi connectivity index (χ0) is 30.3. The normalized spacial score (nSPS) is 13.0. The van der Waals surface area contributed by atoms with Crippen molar-refractivity contribution in [2.24, 2.45) is 0 Å². The zero-order valence-electron chi connectivity index (χ0n) is 25.1. The fourth-order valence-corrected chi connectivity index (χ4v) is 4.31. The average Bonchev–Trinajstić information content (AvgIpc) is 2.85. The minimum absolute atomic E-state index is 0.175. The summed E-state index contributed by atoms with van der Waals surface area (Å²) in [7, 11) is 1.23. The van der Waals surface area contributed by atoms with Crippen LogP contribution in [-0.2, 0) is 30.3 Å². The molecule has 0 saturated heterocycles. The van der Waals surface area contributed by atoms with Gasteiger partial charge in [0.2, 0.25) is 11.8 Å². The number of nitrogens with zero attached hydrogens (tertiary/aromatic N) is 1. The van der Waals surface area contributed by atoms with Gasteiger partial charge in [-0.1, -0.05) is 48.5 Å². The predicted molar refractivity (Wildman–Crippen MR) is 154 cm³/mol. The van der Waals surface area contributed by atoms with E-state index in [4.69, 9.17) is 9.47 Å². The molecule has 0 aliphatic rings. The molecule has 218 valence electrons. The first-order valence-electron chi connectivity index (χ1n) is 13.3. The van der Waals surface area contributed by atoms with Gasteiger partial charge in [-0.2, -0.15) is 0 Å². The summed E-state index contributed by atoms with van der Waals surface area (Å²) in [6.45, 7) is 14.1. The Bertz CT molecular complexity index is 1200. The number of amides is 3. The van der Waals surface area contributed by atoms with Crippen LogP contribution in [0.2, 0.25) is 0 Å². The third-order valence-electron chi connectivity index (χ3n) is 6.31. The minimum Gasteiger partial charge on any atom is -0.468 e. The van der Waals surface area contributed by atoms with E-state index in [1.807, 2.05) is 77.1 Å². The molecular weight excluding hydrogens is 510 g/mol. The molecule has 0 radical (unpaired) electrons. The number of hydrogen-bond acceptors (Lipinski definition) is 6. The van der Waals surface area contributed by atoms with Crippen molar-refractivity contribution in [3.05, 3.63) is 70.8 Å². The van der Waals surface area contributed by atoms with Crippen LogP contribution in [0.25, 0.3) is 0 Å². The van der Waals surface area contributed by atoms with E-state index in [-0.39, 0.29) is 13.0 Å². The number of methoxy groups -OCH3 is 1. The molecule has 2 N–H and O–H groups in total. The van der Waals surface area contributed by atoms with E-state index in [2.05, 4.69) is 10.6 Å². The third kappa shape index (κ3) is 9.10. The van der Waals surface area contributed by atoms with Crippen LogP contribution in [0.3, 0.4) is 0 Å². The Morgan fingerprint density at radius 3 is 2.08 bits per heavy atom. The molecule has 0 aliphatic carbocycles. The topological polar surface area (TPSA) is 114 Å². The van der Waals surface area contributed by atoms with Crippen LogP contribution < -0.4 is 10.6 Å². The van der Waals surface area contributed by atoms with Crippen molar-refractivity contribution in [1.82, 2.24) is 15.5 Å². The van der Waals surface area contributed by atoms with E-state index in [0.717, 1.165) is 16.7 Å². The lowest BCUT2D eigenvalue weighted by Gasteiger charge is -2.43. The van der Waals surface area contributed by atoms with Crippen molar-refractivity contribution < 1.29 is 28.7 Å². The van der Waals surface area contributed by atoms with Crippen molar-refractivity contribution in [2.75, 3.05) is 13.7 Å². The van der Waals surface area contributed by atoms with E-state index in [0.29, 0.717) is 5.56 Å². The van der Waals surface area contributed by atoms with E-state index in [1.54, 1.807) is 26.8 Å². The Balaban J connectivity index is 2.65. The van der Waals surface area contributed by atoms with Crippen molar-refractivity contribution in [3.63, 3.8) is 0 Å². The first-order chi connectivity index (χ1) is 18.5. The monoisotopic (exact) mass is 553 g/mol. The Labute approximate surface area is 237 Å². The summed E-state index contributed by atoms with van der Waals surface area (Å²) in [5.74, 6) is -1.63. The number of benzene rings is 2. The largest absolute Gasteiger partial charge is 0.468 e. The molecule has 2 aromatic rings. The molecule has 9 nitrogen and oxygen atoms in total. The Morgan fingerprint density at radius 2 is 1.52 bits per heavy atom. The molecule has 2 aromatic carbocycles. The number of rotatable bonds is 9. The highest BCUT2D eigenvalue weighted by molar-refractivity contribution is 5.94. The van der Waals surface area contributed by atoms with Crippen molar-refractivity contribution in [3.8, 4) is 0 Å². The van der Waals surface area contributed by atoms with Gasteiger partial charge in [-0.3, -0.25) is 14.4 Å². The predicted octanol–water partition coefficient (Wildman–Crippen LogP) is 4.40. The van der Waals surface area contributed by atoms with E-state index < -0.39 is 47.1 Å². The van der Waals surface area contributed by atoms with Gasteiger partial charge in [0, 0.05) is 12.0 Å². The lowest BCUT2D eigenvalue weighted by Crippen LogP contribution is -2.59. The standard InChI is InChI=1S/C31H43N3O6/c1-20-14-13-17-23(21(20)2)26(27(36)32-19-25(35)39-9)34(30(3,4)5)28(37)24(18-22-15-11-10-12-16-22)33-29(38)40-31(6,7)8/h10-17,24,26H,18-19H2,1-9H3,(H,32,36)(H,33,38). The SMILES string of the molecule is COC(=O)CNC(=O)C(c1cccc(C)c1C)N(C(=O)C(Cc1ccccc1)NC(=O)OC(C)(C)C)C(C)(C)C. The van der Waals surface area contributed by atoms with Gasteiger partial charge >= 0.3 is 12.1 Å². The van der Waals surface area contributed by atoms with Gasteiger partial charge in [0.15, 0.2) is 0 Å². The van der Waals surface area contributed by atoms with Gasteiger partial charge in [0.1, 0.15) is 24.2 Å². The molecule has 2 unspecified atom stereocenters. The summed E-state index contributed by atoms with van der Waals surface area (Å²) in [6, 6.07) is 12.7. The van der Waals surface area contributed by atoms with Crippen LogP contribution in [0.15, 0.2) is 48.5 Å². The molecule has 0 heterocycles. The number of esters is 1. The summed E-state index contributed by atoms with van der Waals surface area (Å²) in [5, 5.41) is 5.37. The summed E-state index contributed by atoms with van der Waals surface area (Å²) < 4.78 is 10.2. The molecule has 2 atom stereocenters. The summed E-state index contributed by atoms with van der Waals surface area (Å²) in [4.78, 5) is 54.5. The van der Waals surface area contributed by atoms with Crippen LogP contribution >= 0.6 is 0 Å². The van der Waals surface area contributed by atoms with Crippen LogP contribution in [0.4, 0.5) is 4.79 Å². The van der Waals surface area contributed by atoms with Gasteiger partial charge < -0.3 is 25.0 Å². The Kier molecular flexibility index (Phi) is 10.9. The number of ether oxygens (including phenoxy) is 2. The second-order valence-corrected chi connectivity index (χ2v) is 11.8. The Morgan fingerprint density at radius 1 is 0.900 bits per heavy atom. The van der Waals surface area contributed by atoms with Crippen molar-refractivity contribution in [1.29, 1.82) is 0 Å². The van der Waals surface area contributed by atoms with Crippen LogP contribution in [-0.4, -0.2) is 59.6 Å². The van der Waals surface area contributed by atoms with Gasteiger partial charge in [0.05, 0.1) is 7.11 Å². The van der Waals surface area contributed by atoms with Crippen LogP contribution in [0.1, 0.15) is 69.8 Å². The highest BCUT2D eigenvalue weighted by Crippen LogP contribution is 2.33. The van der Waals surface area contributed by atoms with E-state index in [9.17, 15) is 19.2 Å². The molecule has 3 amide bonds. The number of carbonyl (C=O) groups excluding carboxylic acids is 4. The van der Waals surface area contributed by atoms with Gasteiger partial charge in [-0.25, -0.2) is 4.79 Å². The molecule has 2 rings (SSSR count). The summed E-state index contributed by atoms with van der Waals surface area (Å²) in [6.07, 6.45) is -0.566. The zero-order valence-corrected chi connectivity index (χ0v) is 25.1. The average molecular weight is 554 g/mol.